The van der Waals surface area contributed by atoms with Gasteiger partial charge in [-0.15, -0.1) is 0 Å². The van der Waals surface area contributed by atoms with Gasteiger partial charge in [-0.1, -0.05) is 0 Å². The zero-order chi connectivity index (χ0) is 10.2. The maximum atomic E-state index is 10.5. The minimum absolute atomic E-state index is 0.110. The van der Waals surface area contributed by atoms with E-state index in [2.05, 4.69) is 0 Å². The first-order valence-electron chi connectivity index (χ1n) is 5.37. The Bertz CT molecular complexity index is 239. The van der Waals surface area contributed by atoms with Crippen LogP contribution in [0.5, 0.6) is 0 Å². The van der Waals surface area contributed by atoms with Crippen molar-refractivity contribution in [2.75, 3.05) is 7.11 Å². The molecule has 0 radical (unpaired) electrons. The lowest BCUT2D eigenvalue weighted by molar-refractivity contribution is -0.137. The first-order valence-corrected chi connectivity index (χ1v) is 5.37. The van der Waals surface area contributed by atoms with Crippen LogP contribution in [0, 0.1) is 5.41 Å². The third-order valence-electron chi connectivity index (χ3n) is 4.22. The molecule has 14 heavy (non-hydrogen) atoms. The summed E-state index contributed by atoms with van der Waals surface area (Å²) in [6.45, 7) is 0. The summed E-state index contributed by atoms with van der Waals surface area (Å²) < 4.78 is 5.57. The fourth-order valence-corrected chi connectivity index (χ4v) is 3.26. The van der Waals surface area contributed by atoms with Gasteiger partial charge in [0.05, 0.1) is 5.60 Å². The van der Waals surface area contributed by atoms with Crippen LogP contribution in [0.25, 0.3) is 0 Å². The Balaban J connectivity index is 1.97. The summed E-state index contributed by atoms with van der Waals surface area (Å²) in [5, 5.41) is 8.69. The predicted octanol–water partition coefficient (Wildman–Crippen LogP) is 2.20. The van der Waals surface area contributed by atoms with Gasteiger partial charge in [-0.05, 0) is 43.9 Å². The SMILES string of the molecule is COC12CCC(CCC(=O)O)(CC1)C2. The number of rotatable bonds is 4. The molecule has 0 heterocycles. The molecule has 2 aliphatic rings. The van der Waals surface area contributed by atoms with Crippen LogP contribution in [0.1, 0.15) is 44.9 Å². The van der Waals surface area contributed by atoms with E-state index in [4.69, 9.17) is 9.84 Å². The highest BCUT2D eigenvalue weighted by Gasteiger charge is 2.54. The van der Waals surface area contributed by atoms with Crippen LogP contribution in [0.3, 0.4) is 0 Å². The average Bonchev–Trinajstić information content (AvgIpc) is 2.72. The van der Waals surface area contributed by atoms with Crippen LogP contribution in [0.15, 0.2) is 0 Å². The van der Waals surface area contributed by atoms with E-state index in [1.165, 1.54) is 0 Å². The number of ether oxygens (including phenoxy) is 1. The van der Waals surface area contributed by atoms with E-state index in [-0.39, 0.29) is 5.60 Å². The third kappa shape index (κ3) is 1.54. The van der Waals surface area contributed by atoms with E-state index in [0.29, 0.717) is 11.8 Å². The number of fused-ring (bicyclic) bond motifs is 2. The van der Waals surface area contributed by atoms with Crippen molar-refractivity contribution in [3.63, 3.8) is 0 Å². The normalized spacial score (nSPS) is 40.4. The Morgan fingerprint density at radius 3 is 2.43 bits per heavy atom. The summed E-state index contributed by atoms with van der Waals surface area (Å²) in [4.78, 5) is 10.5. The van der Waals surface area contributed by atoms with Crippen molar-refractivity contribution in [3.05, 3.63) is 0 Å². The summed E-state index contributed by atoms with van der Waals surface area (Å²) >= 11 is 0. The predicted molar refractivity (Wildman–Crippen MR) is 52.1 cm³/mol. The van der Waals surface area contributed by atoms with E-state index in [1.807, 2.05) is 0 Å². The Labute approximate surface area is 84.4 Å². The lowest BCUT2D eigenvalue weighted by atomic mass is 9.80. The number of hydrogen-bond acceptors (Lipinski definition) is 2. The van der Waals surface area contributed by atoms with Crippen molar-refractivity contribution < 1.29 is 14.6 Å². The molecule has 0 aromatic carbocycles. The number of hydrogen-bond donors (Lipinski definition) is 1. The van der Waals surface area contributed by atoms with Crippen LogP contribution in [-0.2, 0) is 9.53 Å². The Hall–Kier alpha value is -0.570. The molecule has 0 saturated heterocycles. The van der Waals surface area contributed by atoms with Crippen molar-refractivity contribution in [3.8, 4) is 0 Å². The van der Waals surface area contributed by atoms with Gasteiger partial charge >= 0.3 is 5.97 Å². The maximum Gasteiger partial charge on any atom is 0.303 e. The Morgan fingerprint density at radius 2 is 2.00 bits per heavy atom. The van der Waals surface area contributed by atoms with Gasteiger partial charge in [-0.3, -0.25) is 4.79 Å². The molecule has 2 bridgehead atoms. The molecule has 0 aromatic rings. The monoisotopic (exact) mass is 198 g/mol. The third-order valence-corrected chi connectivity index (χ3v) is 4.22. The van der Waals surface area contributed by atoms with Crippen LogP contribution in [0.2, 0.25) is 0 Å². The molecule has 0 spiro atoms. The second-order valence-corrected chi connectivity index (χ2v) is 4.96. The number of methoxy groups -OCH3 is 1. The first kappa shape index (κ1) is 9.97. The van der Waals surface area contributed by atoms with E-state index in [9.17, 15) is 4.79 Å². The highest BCUT2D eigenvalue weighted by Crippen LogP contribution is 2.59. The van der Waals surface area contributed by atoms with Crippen molar-refractivity contribution in [2.45, 2.75) is 50.5 Å². The molecule has 0 aliphatic heterocycles. The molecular weight excluding hydrogens is 180 g/mol. The maximum absolute atomic E-state index is 10.5. The molecule has 2 saturated carbocycles. The molecule has 2 aliphatic carbocycles. The zero-order valence-corrected chi connectivity index (χ0v) is 8.71. The van der Waals surface area contributed by atoms with Gasteiger partial charge < -0.3 is 9.84 Å². The highest BCUT2D eigenvalue weighted by atomic mass is 16.5. The minimum Gasteiger partial charge on any atom is -0.481 e. The molecule has 0 amide bonds. The van der Waals surface area contributed by atoms with Gasteiger partial charge in [-0.2, -0.15) is 0 Å². The largest absolute Gasteiger partial charge is 0.481 e. The first-order chi connectivity index (χ1) is 6.60. The topological polar surface area (TPSA) is 46.5 Å². The molecule has 1 N–H and O–H groups in total. The number of aliphatic carboxylic acids is 1. The second kappa shape index (κ2) is 3.23. The summed E-state index contributed by atoms with van der Waals surface area (Å²) in [6, 6.07) is 0. The Kier molecular flexibility index (Phi) is 2.30. The van der Waals surface area contributed by atoms with Gasteiger partial charge in [0.2, 0.25) is 0 Å². The van der Waals surface area contributed by atoms with E-state index >= 15 is 0 Å². The van der Waals surface area contributed by atoms with Gasteiger partial charge in [0, 0.05) is 13.5 Å². The summed E-state index contributed by atoms with van der Waals surface area (Å²) in [6.07, 6.45) is 6.82. The lowest BCUT2D eigenvalue weighted by Crippen LogP contribution is -2.24. The van der Waals surface area contributed by atoms with Crippen LogP contribution >= 0.6 is 0 Å². The summed E-state index contributed by atoms with van der Waals surface area (Å²) in [7, 11) is 1.79. The van der Waals surface area contributed by atoms with E-state index in [0.717, 1.165) is 38.5 Å². The molecule has 0 aromatic heterocycles. The molecular formula is C11H18O3. The van der Waals surface area contributed by atoms with Crippen molar-refractivity contribution in [2.24, 2.45) is 5.41 Å². The van der Waals surface area contributed by atoms with Crippen molar-refractivity contribution >= 4 is 5.97 Å². The zero-order valence-electron chi connectivity index (χ0n) is 8.71. The van der Waals surface area contributed by atoms with Gasteiger partial charge in [0.25, 0.3) is 0 Å². The second-order valence-electron chi connectivity index (χ2n) is 4.96. The van der Waals surface area contributed by atoms with Crippen LogP contribution < -0.4 is 0 Å². The molecule has 0 unspecified atom stereocenters. The number of carboxylic acid groups (broad SMARTS) is 1. The highest BCUT2D eigenvalue weighted by molar-refractivity contribution is 5.66. The van der Waals surface area contributed by atoms with E-state index < -0.39 is 5.97 Å². The van der Waals surface area contributed by atoms with Crippen molar-refractivity contribution in [1.29, 1.82) is 0 Å². The van der Waals surface area contributed by atoms with Crippen molar-refractivity contribution in [1.82, 2.24) is 0 Å². The van der Waals surface area contributed by atoms with Crippen LogP contribution in [0.4, 0.5) is 0 Å². The molecule has 0 atom stereocenters. The van der Waals surface area contributed by atoms with E-state index in [1.54, 1.807) is 7.11 Å². The number of carbonyl (C=O) groups is 1. The number of carboxylic acids is 1. The Morgan fingerprint density at radius 1 is 1.36 bits per heavy atom. The average molecular weight is 198 g/mol. The van der Waals surface area contributed by atoms with Gasteiger partial charge in [0.1, 0.15) is 0 Å². The molecule has 2 rings (SSSR count). The summed E-state index contributed by atoms with van der Waals surface area (Å²) in [5.41, 5.74) is 0.410. The molecule has 3 heteroatoms. The summed E-state index contributed by atoms with van der Waals surface area (Å²) in [5.74, 6) is -0.666. The van der Waals surface area contributed by atoms with Crippen LogP contribution in [-0.4, -0.2) is 23.8 Å². The van der Waals surface area contributed by atoms with Gasteiger partial charge in [-0.25, -0.2) is 0 Å². The molecule has 3 nitrogen and oxygen atoms in total. The quantitative estimate of drug-likeness (QED) is 0.753. The minimum atomic E-state index is -0.666. The standard InChI is InChI=1S/C11H18O3/c1-14-11-6-4-10(8-11,5-7-11)3-2-9(12)13/h2-8H2,1H3,(H,12,13). The molecule has 80 valence electrons. The van der Waals surface area contributed by atoms with Gasteiger partial charge in [0.15, 0.2) is 0 Å². The smallest absolute Gasteiger partial charge is 0.303 e. The lowest BCUT2D eigenvalue weighted by Gasteiger charge is -2.26. The fourth-order valence-electron chi connectivity index (χ4n) is 3.26. The molecule has 2 fully saturated rings. The fraction of sp³-hybridized carbons (Fsp3) is 0.909.